The number of nitrogens with one attached hydrogen (secondary N) is 1. The number of aliphatic carboxylic acids is 1. The number of esters is 1. The van der Waals surface area contributed by atoms with Gasteiger partial charge in [-0.25, -0.2) is 19.0 Å². The number of nitrogens with two attached hydrogens (primary N) is 1. The number of carboxylic acids is 1. The zero-order valence-electron chi connectivity index (χ0n) is 24.3. The van der Waals surface area contributed by atoms with E-state index in [4.69, 9.17) is 10.5 Å². The van der Waals surface area contributed by atoms with Crippen LogP contribution in [0.5, 0.6) is 0 Å². The Morgan fingerprint density at radius 3 is 2.58 bits per heavy atom. The Bertz CT molecular complexity index is 1620. The van der Waals surface area contributed by atoms with E-state index in [1.807, 2.05) is 0 Å². The molecule has 12 nitrogen and oxygen atoms in total. The van der Waals surface area contributed by atoms with Gasteiger partial charge in [-0.15, -0.1) is 11.3 Å². The van der Waals surface area contributed by atoms with Crippen LogP contribution in [0.15, 0.2) is 40.6 Å². The number of nitrogens with zero attached hydrogens (tertiary/aromatic N) is 5. The summed E-state index contributed by atoms with van der Waals surface area (Å²) in [6, 6.07) is 1.79. The van der Waals surface area contributed by atoms with Gasteiger partial charge >= 0.3 is 11.9 Å². The van der Waals surface area contributed by atoms with Crippen LogP contribution >= 0.6 is 11.3 Å². The minimum Gasteiger partial charge on any atom is -0.481 e. The van der Waals surface area contributed by atoms with Crippen LogP contribution in [0.25, 0.3) is 16.3 Å². The van der Waals surface area contributed by atoms with E-state index in [1.165, 1.54) is 33.8 Å². The first-order valence-corrected chi connectivity index (χ1v) is 15.6. The standard InChI is InChI=1S/C30H33F2N7O5S/c31-21-10-11-24(32)38-26(21)25(33)22(13-34-18-6-2-1-3-7-18)36-27(40)23-15-45-28(37-23)17-12-35-39(14-17)16-44-30(43)20-9-5-4-8-19(20)29(41)42/h10-15,18-20H,1-9,16,33H2,(H,36,40)(H,41,42)/b25-22+,34-13?. The van der Waals surface area contributed by atoms with Crippen molar-refractivity contribution in [3.05, 3.63) is 58.8 Å². The third kappa shape index (κ3) is 7.95. The summed E-state index contributed by atoms with van der Waals surface area (Å²) in [5.74, 6) is -5.46. The lowest BCUT2D eigenvalue weighted by Crippen LogP contribution is -2.34. The summed E-state index contributed by atoms with van der Waals surface area (Å²) in [5.41, 5.74) is 6.00. The van der Waals surface area contributed by atoms with Gasteiger partial charge < -0.3 is 20.9 Å². The van der Waals surface area contributed by atoms with Crippen molar-refractivity contribution in [3.63, 3.8) is 0 Å². The molecule has 2 atom stereocenters. The molecule has 0 aromatic carbocycles. The number of aromatic nitrogens is 4. The Morgan fingerprint density at radius 1 is 1.09 bits per heavy atom. The Hall–Kier alpha value is -4.53. The summed E-state index contributed by atoms with van der Waals surface area (Å²) in [6.45, 7) is -0.209. The van der Waals surface area contributed by atoms with E-state index in [1.54, 1.807) is 6.20 Å². The average molecular weight is 642 g/mol. The number of carbonyl (C=O) groups excluding carboxylic acids is 2. The SMILES string of the molecule is N/C(=C(\C=NC1CCCCC1)NC(=O)c1csc(-c2cnn(COC(=O)C3CCCCC3C(=O)O)c2)n1)c1nc(F)ccc1F. The number of pyridine rings is 1. The number of aliphatic imine (C=N–C) groups is 1. The molecule has 0 saturated heterocycles. The fourth-order valence-electron chi connectivity index (χ4n) is 5.50. The second kappa shape index (κ2) is 14.5. The van der Waals surface area contributed by atoms with Crippen molar-refractivity contribution in [2.24, 2.45) is 22.6 Å². The number of rotatable bonds is 10. The quantitative estimate of drug-likeness (QED) is 0.163. The number of halogens is 2. The van der Waals surface area contributed by atoms with Crippen LogP contribution in [0.3, 0.4) is 0 Å². The molecule has 45 heavy (non-hydrogen) atoms. The van der Waals surface area contributed by atoms with Crippen LogP contribution in [0.4, 0.5) is 8.78 Å². The smallest absolute Gasteiger partial charge is 0.311 e. The molecular weight excluding hydrogens is 608 g/mol. The highest BCUT2D eigenvalue weighted by molar-refractivity contribution is 7.13. The first-order chi connectivity index (χ1) is 21.7. The fourth-order valence-corrected chi connectivity index (χ4v) is 6.28. The lowest BCUT2D eigenvalue weighted by molar-refractivity contribution is -0.162. The van der Waals surface area contributed by atoms with Crippen LogP contribution in [-0.2, 0) is 21.1 Å². The molecule has 15 heteroatoms. The van der Waals surface area contributed by atoms with Gasteiger partial charge in [0.15, 0.2) is 12.5 Å². The van der Waals surface area contributed by atoms with E-state index in [0.29, 0.717) is 23.4 Å². The summed E-state index contributed by atoms with van der Waals surface area (Å²) in [6.07, 6.45) is 11.8. The van der Waals surface area contributed by atoms with Crippen LogP contribution in [-0.4, -0.2) is 55.0 Å². The number of allylic oxidation sites excluding steroid dienone is 1. The molecule has 2 fully saturated rings. The van der Waals surface area contributed by atoms with E-state index in [9.17, 15) is 28.3 Å². The van der Waals surface area contributed by atoms with Crippen molar-refractivity contribution >= 4 is 41.1 Å². The van der Waals surface area contributed by atoms with Gasteiger partial charge in [0.05, 0.1) is 35.5 Å². The van der Waals surface area contributed by atoms with Crippen molar-refractivity contribution in [2.75, 3.05) is 0 Å². The zero-order valence-corrected chi connectivity index (χ0v) is 25.1. The molecule has 4 N–H and O–H groups in total. The molecule has 5 rings (SSSR count). The molecule has 0 spiro atoms. The predicted molar refractivity (Wildman–Crippen MR) is 161 cm³/mol. The summed E-state index contributed by atoms with van der Waals surface area (Å²) in [5, 5.41) is 18.2. The summed E-state index contributed by atoms with van der Waals surface area (Å²) in [7, 11) is 0. The largest absolute Gasteiger partial charge is 0.481 e. The predicted octanol–water partition coefficient (Wildman–Crippen LogP) is 4.53. The van der Waals surface area contributed by atoms with Crippen molar-refractivity contribution < 1.29 is 33.0 Å². The Labute approximate surface area is 261 Å². The third-order valence-corrected chi connectivity index (χ3v) is 8.83. The topological polar surface area (TPSA) is 175 Å². The average Bonchev–Trinajstić information content (AvgIpc) is 3.73. The molecule has 3 aromatic rings. The maximum absolute atomic E-state index is 14.5. The van der Waals surface area contributed by atoms with Gasteiger partial charge in [0.1, 0.15) is 16.4 Å². The molecule has 2 aliphatic rings. The number of hydrogen-bond donors (Lipinski definition) is 3. The van der Waals surface area contributed by atoms with Crippen molar-refractivity contribution in [1.82, 2.24) is 25.1 Å². The molecule has 238 valence electrons. The number of hydrogen-bond acceptors (Lipinski definition) is 10. The number of carboxylic acid groups (broad SMARTS) is 1. The van der Waals surface area contributed by atoms with Gasteiger partial charge in [0.2, 0.25) is 5.95 Å². The third-order valence-electron chi connectivity index (χ3n) is 7.94. The molecule has 0 aliphatic heterocycles. The summed E-state index contributed by atoms with van der Waals surface area (Å²) >= 11 is 1.17. The van der Waals surface area contributed by atoms with E-state index in [2.05, 4.69) is 25.4 Å². The van der Waals surface area contributed by atoms with E-state index in [-0.39, 0.29) is 29.9 Å². The van der Waals surface area contributed by atoms with Crippen LogP contribution in [0.2, 0.25) is 0 Å². The second-order valence-electron chi connectivity index (χ2n) is 11.1. The molecular formula is C30H33F2N7O5S. The number of amides is 1. The lowest BCUT2D eigenvalue weighted by atomic mass is 9.79. The first kappa shape index (κ1) is 31.9. The lowest BCUT2D eigenvalue weighted by Gasteiger charge is -2.26. The molecule has 2 saturated carbocycles. The Morgan fingerprint density at radius 2 is 1.82 bits per heavy atom. The zero-order chi connectivity index (χ0) is 31.9. The fraction of sp³-hybridized carbons (Fsp3) is 0.433. The van der Waals surface area contributed by atoms with Crippen molar-refractivity contribution in [1.29, 1.82) is 0 Å². The highest BCUT2D eigenvalue weighted by Crippen LogP contribution is 2.31. The maximum Gasteiger partial charge on any atom is 0.311 e. The van der Waals surface area contributed by atoms with Gasteiger partial charge in [0.25, 0.3) is 5.91 Å². The molecule has 3 heterocycles. The summed E-state index contributed by atoms with van der Waals surface area (Å²) in [4.78, 5) is 49.8. The Kier molecular flexibility index (Phi) is 10.3. The van der Waals surface area contributed by atoms with Crippen LogP contribution < -0.4 is 11.1 Å². The van der Waals surface area contributed by atoms with E-state index >= 15 is 0 Å². The first-order valence-electron chi connectivity index (χ1n) is 14.7. The molecule has 2 aliphatic carbocycles. The Balaban J connectivity index is 1.27. The minimum atomic E-state index is -0.999. The van der Waals surface area contributed by atoms with E-state index in [0.717, 1.165) is 57.1 Å². The monoisotopic (exact) mass is 641 g/mol. The molecule has 3 aromatic heterocycles. The molecule has 2 unspecified atom stereocenters. The number of ether oxygens (including phenoxy) is 1. The maximum atomic E-state index is 14.5. The van der Waals surface area contributed by atoms with E-state index < -0.39 is 47.1 Å². The second-order valence-corrected chi connectivity index (χ2v) is 11.9. The van der Waals surface area contributed by atoms with Gasteiger partial charge in [-0.05, 0) is 37.8 Å². The van der Waals surface area contributed by atoms with Crippen molar-refractivity contribution in [3.8, 4) is 10.6 Å². The van der Waals surface area contributed by atoms with Crippen LogP contribution in [0, 0.1) is 23.6 Å². The highest BCUT2D eigenvalue weighted by atomic mass is 32.1. The normalized spacial score (nSPS) is 19.7. The minimum absolute atomic E-state index is 0.0201. The number of thiazole rings is 1. The number of carbonyl (C=O) groups is 3. The van der Waals surface area contributed by atoms with Crippen molar-refractivity contribution in [2.45, 2.75) is 70.6 Å². The highest BCUT2D eigenvalue weighted by Gasteiger charge is 2.36. The van der Waals surface area contributed by atoms with Gasteiger partial charge in [-0.2, -0.15) is 9.49 Å². The molecule has 1 amide bonds. The molecule has 0 radical (unpaired) electrons. The van der Waals surface area contributed by atoms with Gasteiger partial charge in [-0.1, -0.05) is 32.1 Å². The van der Waals surface area contributed by atoms with Gasteiger partial charge in [-0.3, -0.25) is 19.4 Å². The summed E-state index contributed by atoms with van der Waals surface area (Å²) < 4.78 is 35.1. The molecule has 0 bridgehead atoms. The van der Waals surface area contributed by atoms with Crippen LogP contribution in [0.1, 0.15) is 74.0 Å². The van der Waals surface area contributed by atoms with Gasteiger partial charge in [0, 0.05) is 23.4 Å².